The van der Waals surface area contributed by atoms with Crippen LogP contribution in [0.4, 0.5) is 4.39 Å². The third-order valence-electron chi connectivity index (χ3n) is 7.86. The van der Waals surface area contributed by atoms with Gasteiger partial charge < -0.3 is 20.3 Å². The van der Waals surface area contributed by atoms with Crippen LogP contribution in [0.5, 0.6) is 0 Å². The Hall–Kier alpha value is -2.38. The van der Waals surface area contributed by atoms with Gasteiger partial charge in [-0.05, 0) is 69.3 Å². The number of carbonyl (C=O) groups excluding carboxylic acids is 2. The van der Waals surface area contributed by atoms with E-state index in [1.165, 1.54) is 11.0 Å². The van der Waals surface area contributed by atoms with Crippen LogP contribution in [0.2, 0.25) is 0 Å². The fraction of sp³-hybridized carbons (Fsp3) is 0.533. The van der Waals surface area contributed by atoms with Gasteiger partial charge in [-0.25, -0.2) is 17.5 Å². The lowest BCUT2D eigenvalue weighted by molar-refractivity contribution is -0.140. The zero-order valence-electron chi connectivity index (χ0n) is 24.1. The van der Waals surface area contributed by atoms with Gasteiger partial charge in [0.1, 0.15) is 17.9 Å². The van der Waals surface area contributed by atoms with E-state index in [4.69, 9.17) is 4.74 Å². The molecule has 12 heteroatoms. The number of amides is 2. The van der Waals surface area contributed by atoms with E-state index in [2.05, 4.69) is 31.3 Å². The average molecular weight is 668 g/mol. The van der Waals surface area contributed by atoms with Gasteiger partial charge in [0.15, 0.2) is 0 Å². The average Bonchev–Trinajstić information content (AvgIpc) is 3.37. The summed E-state index contributed by atoms with van der Waals surface area (Å²) in [6, 6.07) is 10.6. The summed E-state index contributed by atoms with van der Waals surface area (Å²) in [6.45, 7) is 4.12. The molecule has 0 radical (unpaired) electrons. The molecule has 0 aliphatic carbocycles. The highest BCUT2D eigenvalue weighted by Crippen LogP contribution is 2.26. The van der Waals surface area contributed by atoms with E-state index in [0.717, 1.165) is 43.3 Å². The molecule has 0 saturated carbocycles. The fourth-order valence-corrected chi connectivity index (χ4v) is 6.72. The van der Waals surface area contributed by atoms with Crippen LogP contribution in [0.15, 0.2) is 46.9 Å². The number of aryl methyl sites for hydroxylation is 1. The number of likely N-dealkylation sites (tertiary alicyclic amines) is 1. The minimum atomic E-state index is -3.69. The number of hydrogen-bond acceptors (Lipinski definition) is 6. The van der Waals surface area contributed by atoms with E-state index >= 15 is 0 Å². The van der Waals surface area contributed by atoms with E-state index in [9.17, 15) is 22.4 Å². The first kappa shape index (κ1) is 32.5. The molecule has 2 aromatic carbocycles. The molecule has 2 saturated heterocycles. The van der Waals surface area contributed by atoms with Crippen molar-refractivity contribution in [1.29, 1.82) is 0 Å². The molecule has 2 amide bonds. The van der Waals surface area contributed by atoms with Crippen LogP contribution in [-0.2, 0) is 37.5 Å². The number of carbonyl (C=O) groups is 2. The fourth-order valence-electron chi connectivity index (χ4n) is 5.65. The molecule has 2 heterocycles. The predicted octanol–water partition coefficient (Wildman–Crippen LogP) is 3.40. The Bertz CT molecular complexity index is 1350. The SMILES string of the molecule is Cc1cccc(CNC(=O)[C@@H]2C[C@@H](OCc3ccc(Br)cc3F)CN2C(=O)[C@@H](CCC2CCNCC2)NS(C)(=O)=O)c1. The maximum Gasteiger partial charge on any atom is 0.243 e. The van der Waals surface area contributed by atoms with Gasteiger partial charge in [-0.15, -0.1) is 0 Å². The lowest BCUT2D eigenvalue weighted by Gasteiger charge is -2.30. The molecule has 0 unspecified atom stereocenters. The Morgan fingerprint density at radius 2 is 1.95 bits per heavy atom. The molecule has 230 valence electrons. The van der Waals surface area contributed by atoms with Gasteiger partial charge in [0.2, 0.25) is 21.8 Å². The van der Waals surface area contributed by atoms with E-state index in [1.54, 1.807) is 12.1 Å². The largest absolute Gasteiger partial charge is 0.371 e. The molecule has 0 bridgehead atoms. The number of nitrogens with zero attached hydrogens (tertiary/aromatic N) is 1. The molecule has 3 atom stereocenters. The van der Waals surface area contributed by atoms with Gasteiger partial charge in [-0.2, -0.15) is 0 Å². The zero-order chi connectivity index (χ0) is 30.3. The Morgan fingerprint density at radius 1 is 1.19 bits per heavy atom. The predicted molar refractivity (Wildman–Crippen MR) is 162 cm³/mol. The summed E-state index contributed by atoms with van der Waals surface area (Å²) in [4.78, 5) is 28.8. The summed E-state index contributed by atoms with van der Waals surface area (Å²) in [5, 5.41) is 6.25. The second kappa shape index (κ2) is 14.9. The van der Waals surface area contributed by atoms with E-state index in [-0.39, 0.29) is 32.0 Å². The summed E-state index contributed by atoms with van der Waals surface area (Å²) in [5.41, 5.74) is 2.36. The number of hydrogen-bond donors (Lipinski definition) is 3. The van der Waals surface area contributed by atoms with Crippen molar-refractivity contribution in [2.45, 2.75) is 70.4 Å². The molecule has 0 spiro atoms. The van der Waals surface area contributed by atoms with Crippen LogP contribution in [-0.4, -0.2) is 69.2 Å². The molecule has 2 aliphatic heterocycles. The summed E-state index contributed by atoms with van der Waals surface area (Å²) in [5.74, 6) is -0.821. The summed E-state index contributed by atoms with van der Waals surface area (Å²) in [6.07, 6.45) is 3.68. The van der Waals surface area contributed by atoms with Crippen LogP contribution < -0.4 is 15.4 Å². The molecule has 2 aromatic rings. The molecule has 0 aromatic heterocycles. The maximum absolute atomic E-state index is 14.4. The molecular weight excluding hydrogens is 627 g/mol. The Labute approximate surface area is 256 Å². The van der Waals surface area contributed by atoms with Crippen LogP contribution in [0, 0.1) is 18.7 Å². The molecule has 42 heavy (non-hydrogen) atoms. The third-order valence-corrected chi connectivity index (χ3v) is 9.07. The van der Waals surface area contributed by atoms with Crippen molar-refractivity contribution in [3.05, 3.63) is 69.4 Å². The minimum absolute atomic E-state index is 0.0236. The van der Waals surface area contributed by atoms with Crippen molar-refractivity contribution < 1.29 is 27.1 Å². The van der Waals surface area contributed by atoms with E-state index < -0.39 is 39.9 Å². The Morgan fingerprint density at radius 3 is 2.64 bits per heavy atom. The van der Waals surface area contributed by atoms with Crippen molar-refractivity contribution in [3.8, 4) is 0 Å². The number of rotatable bonds is 12. The number of ether oxygens (including phenoxy) is 1. The number of halogens is 2. The zero-order valence-corrected chi connectivity index (χ0v) is 26.5. The quantitative estimate of drug-likeness (QED) is 0.320. The van der Waals surface area contributed by atoms with Crippen molar-refractivity contribution in [2.24, 2.45) is 5.92 Å². The summed E-state index contributed by atoms with van der Waals surface area (Å²) >= 11 is 3.25. The van der Waals surface area contributed by atoms with Gasteiger partial charge in [-0.1, -0.05) is 51.8 Å². The number of benzene rings is 2. The second-order valence-electron chi connectivity index (χ2n) is 11.3. The normalized spacial score (nSPS) is 20.4. The van der Waals surface area contributed by atoms with Crippen molar-refractivity contribution in [2.75, 3.05) is 25.9 Å². The van der Waals surface area contributed by atoms with Crippen LogP contribution in [0.3, 0.4) is 0 Å². The van der Waals surface area contributed by atoms with Crippen molar-refractivity contribution in [1.82, 2.24) is 20.3 Å². The standard InChI is InChI=1S/C30H40BrFN4O5S/c1-20-4-3-5-22(14-20)17-34-29(37)28-16-25(41-19-23-7-8-24(31)15-26(23)32)18-36(28)30(38)27(35-42(2,39)40)9-6-21-10-12-33-13-11-21/h3-5,7-8,14-15,21,25,27-28,33,35H,6,9-13,16-19H2,1-2H3,(H,34,37)/t25-,27-,28+/m1/s1. The van der Waals surface area contributed by atoms with Crippen LogP contribution >= 0.6 is 15.9 Å². The van der Waals surface area contributed by atoms with Gasteiger partial charge in [0.05, 0.1) is 19.0 Å². The second-order valence-corrected chi connectivity index (χ2v) is 14.0. The number of sulfonamides is 1. The summed E-state index contributed by atoms with van der Waals surface area (Å²) < 4.78 is 48.1. The van der Waals surface area contributed by atoms with Crippen LogP contribution in [0.1, 0.15) is 48.8 Å². The van der Waals surface area contributed by atoms with Crippen LogP contribution in [0.25, 0.3) is 0 Å². The minimum Gasteiger partial charge on any atom is -0.371 e. The van der Waals surface area contributed by atoms with Crippen molar-refractivity contribution >= 4 is 37.8 Å². The van der Waals surface area contributed by atoms with Gasteiger partial charge in [-0.3, -0.25) is 9.59 Å². The van der Waals surface area contributed by atoms with Crippen molar-refractivity contribution in [3.63, 3.8) is 0 Å². The van der Waals surface area contributed by atoms with E-state index in [1.807, 2.05) is 31.2 Å². The molecule has 2 aliphatic rings. The third kappa shape index (κ3) is 9.57. The monoisotopic (exact) mass is 666 g/mol. The molecule has 2 fully saturated rings. The summed E-state index contributed by atoms with van der Waals surface area (Å²) in [7, 11) is -3.69. The molecule has 3 N–H and O–H groups in total. The highest BCUT2D eigenvalue weighted by molar-refractivity contribution is 9.10. The first-order valence-electron chi connectivity index (χ1n) is 14.4. The lowest BCUT2D eigenvalue weighted by Crippen LogP contribution is -2.53. The van der Waals surface area contributed by atoms with Gasteiger partial charge in [0.25, 0.3) is 0 Å². The number of piperidine rings is 1. The first-order valence-corrected chi connectivity index (χ1v) is 17.0. The molecule has 4 rings (SSSR count). The topological polar surface area (TPSA) is 117 Å². The number of nitrogens with one attached hydrogen (secondary N) is 3. The lowest BCUT2D eigenvalue weighted by atomic mass is 9.91. The first-order chi connectivity index (χ1) is 20.0. The maximum atomic E-state index is 14.4. The van der Waals surface area contributed by atoms with Gasteiger partial charge in [0, 0.05) is 29.5 Å². The highest BCUT2D eigenvalue weighted by atomic mass is 79.9. The van der Waals surface area contributed by atoms with E-state index in [0.29, 0.717) is 28.8 Å². The molecular formula is C30H40BrFN4O5S. The highest BCUT2D eigenvalue weighted by Gasteiger charge is 2.42. The Balaban J connectivity index is 1.50. The smallest absolute Gasteiger partial charge is 0.243 e. The Kier molecular flexibility index (Phi) is 11.5. The molecule has 9 nitrogen and oxygen atoms in total. The van der Waals surface area contributed by atoms with Gasteiger partial charge >= 0.3 is 0 Å².